The molecule has 0 spiro atoms. The Morgan fingerprint density at radius 1 is 0.893 bits per heavy atom. The van der Waals surface area contributed by atoms with Crippen LogP contribution in [0, 0.1) is 6.92 Å². The van der Waals surface area contributed by atoms with Crippen LogP contribution in [0.5, 0.6) is 0 Å². The Bertz CT molecular complexity index is 1270. The first-order valence-electron chi connectivity index (χ1n) is 8.92. The van der Waals surface area contributed by atoms with Crippen LogP contribution in [-0.2, 0) is 13.1 Å². The van der Waals surface area contributed by atoms with E-state index in [1.807, 2.05) is 49.4 Å². The lowest BCUT2D eigenvalue weighted by Crippen LogP contribution is -2.40. The summed E-state index contributed by atoms with van der Waals surface area (Å²) in [6.07, 6.45) is 1.59. The normalized spacial score (nSPS) is 11.1. The lowest BCUT2D eigenvalue weighted by molar-refractivity contribution is 0.631. The zero-order valence-corrected chi connectivity index (χ0v) is 16.1. The molecule has 0 fully saturated rings. The van der Waals surface area contributed by atoms with E-state index >= 15 is 0 Å². The van der Waals surface area contributed by atoms with Gasteiger partial charge in [0.25, 0.3) is 5.56 Å². The van der Waals surface area contributed by atoms with Crippen molar-refractivity contribution in [1.29, 1.82) is 0 Å². The number of aryl methyl sites for hydroxylation is 1. The minimum Gasteiger partial charge on any atom is -0.273 e. The molecule has 0 radical (unpaired) electrons. The van der Waals surface area contributed by atoms with Gasteiger partial charge in [-0.1, -0.05) is 59.6 Å². The van der Waals surface area contributed by atoms with E-state index in [1.54, 1.807) is 24.4 Å². The first-order valence-corrected chi connectivity index (χ1v) is 9.30. The van der Waals surface area contributed by atoms with Crippen molar-refractivity contribution < 1.29 is 0 Å². The minimum atomic E-state index is -0.406. The van der Waals surface area contributed by atoms with Gasteiger partial charge in [-0.05, 0) is 36.2 Å². The zero-order valence-electron chi connectivity index (χ0n) is 15.3. The van der Waals surface area contributed by atoms with Gasteiger partial charge < -0.3 is 0 Å². The van der Waals surface area contributed by atoms with Crippen LogP contribution >= 0.6 is 11.6 Å². The second-order valence-electron chi connectivity index (χ2n) is 6.71. The van der Waals surface area contributed by atoms with Gasteiger partial charge in [0.2, 0.25) is 0 Å². The summed E-state index contributed by atoms with van der Waals surface area (Å²) in [6.45, 7) is 2.45. The molecule has 2 heterocycles. The van der Waals surface area contributed by atoms with Gasteiger partial charge in [-0.15, -0.1) is 0 Å². The lowest BCUT2D eigenvalue weighted by atomic mass is 10.1. The molecule has 0 N–H and O–H groups in total. The van der Waals surface area contributed by atoms with Crippen LogP contribution in [0.25, 0.3) is 11.0 Å². The third-order valence-electron chi connectivity index (χ3n) is 4.73. The molecule has 4 rings (SSSR count). The van der Waals surface area contributed by atoms with Gasteiger partial charge in [0.15, 0.2) is 0 Å². The van der Waals surface area contributed by atoms with E-state index in [2.05, 4.69) is 4.98 Å². The second kappa shape index (κ2) is 7.44. The zero-order chi connectivity index (χ0) is 19.7. The highest BCUT2D eigenvalue weighted by Crippen LogP contribution is 2.16. The molecule has 0 aliphatic carbocycles. The number of hydrogen-bond donors (Lipinski definition) is 0. The van der Waals surface area contributed by atoms with Crippen LogP contribution in [0.4, 0.5) is 0 Å². The molecule has 5 nitrogen and oxygen atoms in total. The Kier molecular flexibility index (Phi) is 4.84. The lowest BCUT2D eigenvalue weighted by Gasteiger charge is -2.14. The molecular formula is C22H18ClN3O2. The highest BCUT2D eigenvalue weighted by molar-refractivity contribution is 6.31. The summed E-state index contributed by atoms with van der Waals surface area (Å²) in [4.78, 5) is 30.5. The quantitative estimate of drug-likeness (QED) is 0.534. The van der Waals surface area contributed by atoms with Gasteiger partial charge in [-0.3, -0.25) is 13.9 Å². The number of aromatic nitrogens is 3. The Balaban J connectivity index is 1.91. The summed E-state index contributed by atoms with van der Waals surface area (Å²) in [5, 5.41) is 0.923. The highest BCUT2D eigenvalue weighted by atomic mass is 35.5. The molecule has 28 heavy (non-hydrogen) atoms. The topological polar surface area (TPSA) is 56.9 Å². The molecule has 0 saturated carbocycles. The summed E-state index contributed by atoms with van der Waals surface area (Å²) in [5.41, 5.74) is 2.43. The van der Waals surface area contributed by atoms with Crippen LogP contribution in [0.2, 0.25) is 5.02 Å². The molecule has 0 saturated heterocycles. The molecule has 6 heteroatoms. The Labute approximate surface area is 166 Å². The van der Waals surface area contributed by atoms with Crippen molar-refractivity contribution in [3.05, 3.63) is 109 Å². The van der Waals surface area contributed by atoms with Crippen molar-refractivity contribution in [3.8, 4) is 0 Å². The van der Waals surface area contributed by atoms with E-state index in [0.29, 0.717) is 28.2 Å². The van der Waals surface area contributed by atoms with E-state index in [9.17, 15) is 9.59 Å². The summed E-state index contributed by atoms with van der Waals surface area (Å²) in [7, 11) is 0. The van der Waals surface area contributed by atoms with Crippen molar-refractivity contribution in [2.45, 2.75) is 20.0 Å². The van der Waals surface area contributed by atoms with Crippen molar-refractivity contribution in [2.75, 3.05) is 0 Å². The Morgan fingerprint density at radius 3 is 2.39 bits per heavy atom. The predicted octanol–water partition coefficient (Wildman–Crippen LogP) is 3.62. The average Bonchev–Trinajstić information content (AvgIpc) is 2.71. The van der Waals surface area contributed by atoms with Crippen molar-refractivity contribution in [2.24, 2.45) is 0 Å². The SMILES string of the molecule is Cc1ccc(Cn2c(=O)n(Cc3ccccc3Cl)c(=O)c3cccnc32)cc1. The van der Waals surface area contributed by atoms with E-state index in [-0.39, 0.29) is 12.1 Å². The van der Waals surface area contributed by atoms with E-state index in [0.717, 1.165) is 11.1 Å². The molecule has 0 amide bonds. The maximum absolute atomic E-state index is 13.2. The van der Waals surface area contributed by atoms with Gasteiger partial charge in [0.05, 0.1) is 18.5 Å². The summed E-state index contributed by atoms with van der Waals surface area (Å²) in [6, 6.07) is 18.5. The largest absolute Gasteiger partial charge is 0.333 e. The molecule has 0 bridgehead atoms. The van der Waals surface area contributed by atoms with Gasteiger partial charge in [-0.25, -0.2) is 9.78 Å². The number of hydrogen-bond acceptors (Lipinski definition) is 3. The standard InChI is InChI=1S/C22H18ClN3O2/c1-15-8-10-16(11-9-15)13-25-20-18(6-4-12-24-20)21(27)26(22(25)28)14-17-5-2-3-7-19(17)23/h2-12H,13-14H2,1H3. The predicted molar refractivity (Wildman–Crippen MR) is 111 cm³/mol. The second-order valence-corrected chi connectivity index (χ2v) is 7.12. The highest BCUT2D eigenvalue weighted by Gasteiger charge is 2.15. The third-order valence-corrected chi connectivity index (χ3v) is 5.10. The summed E-state index contributed by atoms with van der Waals surface area (Å²) >= 11 is 6.24. The van der Waals surface area contributed by atoms with Crippen molar-refractivity contribution >= 4 is 22.6 Å². The van der Waals surface area contributed by atoms with Gasteiger partial charge >= 0.3 is 5.69 Å². The molecular weight excluding hydrogens is 374 g/mol. The summed E-state index contributed by atoms with van der Waals surface area (Å²) in [5.74, 6) is 0. The van der Waals surface area contributed by atoms with Crippen molar-refractivity contribution in [3.63, 3.8) is 0 Å². The number of benzene rings is 2. The monoisotopic (exact) mass is 391 g/mol. The van der Waals surface area contributed by atoms with Gasteiger partial charge in [-0.2, -0.15) is 0 Å². The molecule has 2 aromatic carbocycles. The van der Waals surface area contributed by atoms with Gasteiger partial charge in [0.1, 0.15) is 5.65 Å². The number of fused-ring (bicyclic) bond motifs is 1. The number of rotatable bonds is 4. The molecule has 2 aromatic heterocycles. The van der Waals surface area contributed by atoms with Crippen molar-refractivity contribution in [1.82, 2.24) is 14.1 Å². The number of pyridine rings is 1. The molecule has 4 aromatic rings. The number of nitrogens with zero attached hydrogens (tertiary/aromatic N) is 3. The fourth-order valence-electron chi connectivity index (χ4n) is 3.20. The first-order chi connectivity index (χ1) is 13.5. The van der Waals surface area contributed by atoms with E-state index < -0.39 is 5.69 Å². The number of halogens is 1. The fraction of sp³-hybridized carbons (Fsp3) is 0.136. The third kappa shape index (κ3) is 3.37. The summed E-state index contributed by atoms with van der Waals surface area (Å²) < 4.78 is 2.76. The minimum absolute atomic E-state index is 0.107. The van der Waals surface area contributed by atoms with Crippen LogP contribution in [-0.4, -0.2) is 14.1 Å². The maximum Gasteiger partial charge on any atom is 0.333 e. The Morgan fingerprint density at radius 2 is 1.64 bits per heavy atom. The average molecular weight is 392 g/mol. The van der Waals surface area contributed by atoms with E-state index in [1.165, 1.54) is 9.13 Å². The van der Waals surface area contributed by atoms with Crippen LogP contribution in [0.15, 0.2) is 76.4 Å². The molecule has 140 valence electrons. The first kappa shape index (κ1) is 18.2. The van der Waals surface area contributed by atoms with Crippen LogP contribution < -0.4 is 11.2 Å². The van der Waals surface area contributed by atoms with Crippen LogP contribution in [0.3, 0.4) is 0 Å². The molecule has 0 aliphatic heterocycles. The van der Waals surface area contributed by atoms with Crippen LogP contribution in [0.1, 0.15) is 16.7 Å². The smallest absolute Gasteiger partial charge is 0.273 e. The Hall–Kier alpha value is -3.18. The van der Waals surface area contributed by atoms with E-state index in [4.69, 9.17) is 11.6 Å². The molecule has 0 atom stereocenters. The van der Waals surface area contributed by atoms with Gasteiger partial charge in [0, 0.05) is 11.2 Å². The molecule has 0 aliphatic rings. The maximum atomic E-state index is 13.2. The molecule has 0 unspecified atom stereocenters. The fourth-order valence-corrected chi connectivity index (χ4v) is 3.40.